The lowest BCUT2D eigenvalue weighted by molar-refractivity contribution is 0.359. The Morgan fingerprint density at radius 3 is 2.59 bits per heavy atom. The molecule has 5 heteroatoms. The fourth-order valence-electron chi connectivity index (χ4n) is 1.26. The molecule has 0 radical (unpaired) electrons. The zero-order chi connectivity index (χ0) is 12.7. The molecule has 1 aromatic rings. The van der Waals surface area contributed by atoms with E-state index >= 15 is 0 Å². The quantitative estimate of drug-likeness (QED) is 0.757. The molecule has 1 rings (SSSR count). The first kappa shape index (κ1) is 14.4. The van der Waals surface area contributed by atoms with Gasteiger partial charge in [0.2, 0.25) is 0 Å². The molecule has 3 nitrogen and oxygen atoms in total. The van der Waals surface area contributed by atoms with Crippen molar-refractivity contribution in [2.24, 2.45) is 0 Å². The largest absolute Gasteiger partial charge is 0.265 e. The van der Waals surface area contributed by atoms with Crippen molar-refractivity contribution in [1.29, 1.82) is 0 Å². The summed E-state index contributed by atoms with van der Waals surface area (Å²) in [5, 5.41) is 0. The highest BCUT2D eigenvalue weighted by Gasteiger charge is 2.02. The van der Waals surface area contributed by atoms with E-state index in [-0.39, 0.29) is 6.61 Å². The van der Waals surface area contributed by atoms with Gasteiger partial charge in [0, 0.05) is 4.48 Å². The van der Waals surface area contributed by atoms with Gasteiger partial charge < -0.3 is 0 Å². The molecule has 17 heavy (non-hydrogen) atoms. The third-order valence-electron chi connectivity index (χ3n) is 2.05. The Hall–Kier alpha value is -0.650. The standard InChI is InChI=1S/C12H15BrO3S/c1-17(14,15)16-10-12(13)9-5-8-11-6-3-2-4-7-11/h2-4,6-7,9H,5,8,10H2,1H3/b12-9-. The van der Waals surface area contributed by atoms with Gasteiger partial charge in [-0.2, -0.15) is 8.42 Å². The van der Waals surface area contributed by atoms with Crippen LogP contribution in [0.1, 0.15) is 12.0 Å². The lowest BCUT2D eigenvalue weighted by Crippen LogP contribution is -2.03. The molecule has 0 saturated heterocycles. The lowest BCUT2D eigenvalue weighted by atomic mass is 10.1. The SMILES string of the molecule is CS(=O)(=O)OC/C(Br)=C/CCc1ccccc1. The Balaban J connectivity index is 2.34. The van der Waals surface area contributed by atoms with Crippen molar-refractivity contribution in [3.8, 4) is 0 Å². The molecule has 0 spiro atoms. The number of rotatable bonds is 6. The van der Waals surface area contributed by atoms with Crippen LogP contribution < -0.4 is 0 Å². The maximum absolute atomic E-state index is 10.8. The molecule has 0 aliphatic carbocycles. The van der Waals surface area contributed by atoms with Crippen LogP contribution >= 0.6 is 15.9 Å². The van der Waals surface area contributed by atoms with E-state index in [4.69, 9.17) is 0 Å². The molecule has 0 fully saturated rings. The summed E-state index contributed by atoms with van der Waals surface area (Å²) in [7, 11) is -3.37. The van der Waals surface area contributed by atoms with E-state index in [1.807, 2.05) is 24.3 Å². The zero-order valence-corrected chi connectivity index (χ0v) is 12.0. The molecule has 0 amide bonds. The third kappa shape index (κ3) is 7.31. The fraction of sp³-hybridized carbons (Fsp3) is 0.333. The Bertz CT molecular complexity index is 466. The molecule has 0 N–H and O–H groups in total. The second kappa shape index (κ2) is 6.93. The van der Waals surface area contributed by atoms with Crippen molar-refractivity contribution in [1.82, 2.24) is 0 Å². The van der Waals surface area contributed by atoms with Crippen molar-refractivity contribution < 1.29 is 12.6 Å². The second-order valence-electron chi connectivity index (χ2n) is 3.64. The average molecular weight is 319 g/mol. The molecule has 0 aromatic heterocycles. The molecule has 0 aliphatic heterocycles. The zero-order valence-electron chi connectivity index (χ0n) is 9.60. The van der Waals surface area contributed by atoms with Gasteiger partial charge in [0.05, 0.1) is 12.9 Å². The van der Waals surface area contributed by atoms with Crippen LogP contribution in [0.2, 0.25) is 0 Å². The highest BCUT2D eigenvalue weighted by Crippen LogP contribution is 2.10. The molecule has 0 aliphatic rings. The molecule has 0 bridgehead atoms. The summed E-state index contributed by atoms with van der Waals surface area (Å²) in [4.78, 5) is 0. The summed E-state index contributed by atoms with van der Waals surface area (Å²) in [5.74, 6) is 0. The Kier molecular flexibility index (Phi) is 5.88. The number of hydrogen-bond donors (Lipinski definition) is 0. The predicted molar refractivity (Wildman–Crippen MR) is 72.6 cm³/mol. The fourth-order valence-corrected chi connectivity index (χ4v) is 2.10. The van der Waals surface area contributed by atoms with Gasteiger partial charge in [-0.15, -0.1) is 0 Å². The van der Waals surface area contributed by atoms with Gasteiger partial charge >= 0.3 is 0 Å². The summed E-state index contributed by atoms with van der Waals surface area (Å²) in [6, 6.07) is 10.1. The summed E-state index contributed by atoms with van der Waals surface area (Å²) in [6.07, 6.45) is 4.74. The van der Waals surface area contributed by atoms with E-state index in [9.17, 15) is 8.42 Å². The molecule has 94 valence electrons. The minimum Gasteiger partial charge on any atom is -0.265 e. The Morgan fingerprint density at radius 2 is 2.00 bits per heavy atom. The van der Waals surface area contributed by atoms with Crippen molar-refractivity contribution in [2.45, 2.75) is 12.8 Å². The van der Waals surface area contributed by atoms with Gasteiger partial charge in [-0.05, 0) is 18.4 Å². The van der Waals surface area contributed by atoms with E-state index in [0.29, 0.717) is 0 Å². The summed E-state index contributed by atoms with van der Waals surface area (Å²) in [5.41, 5.74) is 1.26. The molecular weight excluding hydrogens is 304 g/mol. The maximum atomic E-state index is 10.8. The number of hydrogen-bond acceptors (Lipinski definition) is 3. The van der Waals surface area contributed by atoms with Gasteiger partial charge in [-0.3, -0.25) is 4.18 Å². The van der Waals surface area contributed by atoms with Crippen molar-refractivity contribution >= 4 is 26.0 Å². The van der Waals surface area contributed by atoms with Gasteiger partial charge in [0.25, 0.3) is 10.1 Å². The van der Waals surface area contributed by atoms with E-state index in [0.717, 1.165) is 23.6 Å². The van der Waals surface area contributed by atoms with E-state index < -0.39 is 10.1 Å². The van der Waals surface area contributed by atoms with Crippen LogP contribution in [0.25, 0.3) is 0 Å². The van der Waals surface area contributed by atoms with Gasteiger partial charge in [0.1, 0.15) is 0 Å². The van der Waals surface area contributed by atoms with Crippen LogP contribution in [0.15, 0.2) is 40.9 Å². The molecule has 0 saturated carbocycles. The highest BCUT2D eigenvalue weighted by molar-refractivity contribution is 9.11. The topological polar surface area (TPSA) is 43.4 Å². The van der Waals surface area contributed by atoms with Crippen molar-refractivity contribution in [3.05, 3.63) is 46.5 Å². The lowest BCUT2D eigenvalue weighted by Gasteiger charge is -2.01. The van der Waals surface area contributed by atoms with Crippen LogP contribution in [0.3, 0.4) is 0 Å². The number of halogens is 1. The van der Waals surface area contributed by atoms with Crippen LogP contribution in [-0.2, 0) is 20.7 Å². The van der Waals surface area contributed by atoms with Crippen LogP contribution in [-0.4, -0.2) is 21.3 Å². The van der Waals surface area contributed by atoms with Gasteiger partial charge in [0.15, 0.2) is 0 Å². The van der Waals surface area contributed by atoms with Crippen LogP contribution in [0.4, 0.5) is 0 Å². The van der Waals surface area contributed by atoms with E-state index in [1.165, 1.54) is 5.56 Å². The van der Waals surface area contributed by atoms with Crippen LogP contribution in [0, 0.1) is 0 Å². The molecule has 1 aromatic carbocycles. The monoisotopic (exact) mass is 318 g/mol. The summed E-state index contributed by atoms with van der Waals surface area (Å²) in [6.45, 7) is 0.0631. The van der Waals surface area contributed by atoms with E-state index in [1.54, 1.807) is 0 Å². The van der Waals surface area contributed by atoms with Crippen molar-refractivity contribution in [2.75, 3.05) is 12.9 Å². The normalized spacial score (nSPS) is 12.7. The second-order valence-corrected chi connectivity index (χ2v) is 6.30. The third-order valence-corrected chi connectivity index (χ3v) is 3.15. The van der Waals surface area contributed by atoms with Crippen molar-refractivity contribution in [3.63, 3.8) is 0 Å². The molecule has 0 heterocycles. The van der Waals surface area contributed by atoms with E-state index in [2.05, 4.69) is 32.2 Å². The van der Waals surface area contributed by atoms with Gasteiger partial charge in [-0.25, -0.2) is 0 Å². The number of aryl methyl sites for hydroxylation is 1. The molecular formula is C12H15BrO3S. The smallest absolute Gasteiger partial charge is 0.264 e. The first-order valence-corrected chi connectivity index (χ1v) is 7.81. The van der Waals surface area contributed by atoms with Gasteiger partial charge in [-0.1, -0.05) is 52.3 Å². The summed E-state index contributed by atoms with van der Waals surface area (Å²) < 4.78 is 26.9. The number of allylic oxidation sites excluding steroid dienone is 1. The first-order chi connectivity index (χ1) is 7.97. The minimum absolute atomic E-state index is 0.0631. The Morgan fingerprint density at radius 1 is 1.35 bits per heavy atom. The average Bonchev–Trinajstić information content (AvgIpc) is 2.27. The maximum Gasteiger partial charge on any atom is 0.264 e. The summed E-state index contributed by atoms with van der Waals surface area (Å²) >= 11 is 3.28. The predicted octanol–water partition coefficient (Wildman–Crippen LogP) is 2.87. The first-order valence-electron chi connectivity index (χ1n) is 5.20. The van der Waals surface area contributed by atoms with Crippen LogP contribution in [0.5, 0.6) is 0 Å². The minimum atomic E-state index is -3.37. The Labute approximate surface area is 111 Å². The molecule has 0 unspecified atom stereocenters. The molecule has 0 atom stereocenters. The number of benzene rings is 1. The highest BCUT2D eigenvalue weighted by atomic mass is 79.9.